The Morgan fingerprint density at radius 2 is 2.37 bits per heavy atom. The maximum Gasteiger partial charge on any atom is 0.193 e. The number of guanidine groups is 1. The summed E-state index contributed by atoms with van der Waals surface area (Å²) in [7, 11) is 5.52. The summed E-state index contributed by atoms with van der Waals surface area (Å²) in [6.45, 7) is 6.84. The van der Waals surface area contributed by atoms with Gasteiger partial charge in [-0.3, -0.25) is 4.99 Å². The van der Waals surface area contributed by atoms with E-state index < -0.39 is 0 Å². The SMILES string of the molecule is CN=C(NCCCOCC1CCOC1)N(C)Cc1csc(C(C)OC)n1.I. The second-order valence-electron chi connectivity index (χ2n) is 6.54. The van der Waals surface area contributed by atoms with Crippen molar-refractivity contribution in [1.29, 1.82) is 0 Å². The molecule has 0 aromatic carbocycles. The van der Waals surface area contributed by atoms with Crippen LogP contribution in [0.5, 0.6) is 0 Å². The van der Waals surface area contributed by atoms with Gasteiger partial charge in [0.1, 0.15) is 11.1 Å². The third kappa shape index (κ3) is 8.59. The Bertz CT molecular complexity index is 552. The minimum absolute atomic E-state index is 0. The summed E-state index contributed by atoms with van der Waals surface area (Å²) in [5.41, 5.74) is 1.03. The van der Waals surface area contributed by atoms with Crippen molar-refractivity contribution in [3.05, 3.63) is 16.1 Å². The number of aromatic nitrogens is 1. The fraction of sp³-hybridized carbons (Fsp3) is 0.778. The number of ether oxygens (including phenoxy) is 3. The molecule has 0 spiro atoms. The van der Waals surface area contributed by atoms with Gasteiger partial charge in [-0.15, -0.1) is 35.3 Å². The highest BCUT2D eigenvalue weighted by atomic mass is 127. The van der Waals surface area contributed by atoms with E-state index in [-0.39, 0.29) is 30.1 Å². The van der Waals surface area contributed by atoms with E-state index in [4.69, 9.17) is 14.2 Å². The lowest BCUT2D eigenvalue weighted by Gasteiger charge is -2.21. The Balaban J connectivity index is 0.00000364. The zero-order valence-corrected chi connectivity index (χ0v) is 19.9. The van der Waals surface area contributed by atoms with E-state index in [0.29, 0.717) is 12.5 Å². The summed E-state index contributed by atoms with van der Waals surface area (Å²) in [6, 6.07) is 0. The van der Waals surface area contributed by atoms with Crippen LogP contribution in [-0.2, 0) is 20.8 Å². The first kappa shape index (κ1) is 24.5. The minimum Gasteiger partial charge on any atom is -0.381 e. The Morgan fingerprint density at radius 1 is 1.56 bits per heavy atom. The Hall–Kier alpha value is -0.490. The smallest absolute Gasteiger partial charge is 0.193 e. The number of aliphatic imine (C=N–C) groups is 1. The standard InChI is InChI=1S/C18H32N4O3S.HI/c1-14(23-4)17-21-16(13-26-17)10-22(3)18(19-2)20-7-5-8-24-11-15-6-9-25-12-15;/h13-15H,5-12H2,1-4H3,(H,19,20);1H. The molecule has 1 saturated heterocycles. The number of thiazole rings is 1. The number of hydrogen-bond donors (Lipinski definition) is 1. The summed E-state index contributed by atoms with van der Waals surface area (Å²) in [5.74, 6) is 1.44. The molecular formula is C18H33IN4O3S. The van der Waals surface area contributed by atoms with Crippen LogP contribution in [0, 0.1) is 5.92 Å². The van der Waals surface area contributed by atoms with E-state index in [0.717, 1.165) is 62.5 Å². The third-order valence-electron chi connectivity index (χ3n) is 4.37. The molecule has 1 fully saturated rings. The summed E-state index contributed by atoms with van der Waals surface area (Å²) in [6.07, 6.45) is 2.11. The van der Waals surface area contributed by atoms with E-state index in [1.807, 2.05) is 14.0 Å². The number of halogens is 1. The van der Waals surface area contributed by atoms with Crippen molar-refractivity contribution in [1.82, 2.24) is 15.2 Å². The van der Waals surface area contributed by atoms with Crippen LogP contribution < -0.4 is 5.32 Å². The maximum atomic E-state index is 5.73. The van der Waals surface area contributed by atoms with Gasteiger partial charge in [0.15, 0.2) is 5.96 Å². The van der Waals surface area contributed by atoms with Gasteiger partial charge in [-0.25, -0.2) is 4.98 Å². The lowest BCUT2D eigenvalue weighted by molar-refractivity contribution is 0.0887. The molecule has 7 nitrogen and oxygen atoms in total. The third-order valence-corrected chi connectivity index (χ3v) is 5.42. The van der Waals surface area contributed by atoms with Crippen LogP contribution in [0.1, 0.15) is 36.6 Å². The molecular weight excluding hydrogens is 479 g/mol. The van der Waals surface area contributed by atoms with Crippen LogP contribution in [-0.4, -0.2) is 70.0 Å². The Labute approximate surface area is 183 Å². The van der Waals surface area contributed by atoms with E-state index >= 15 is 0 Å². The summed E-state index contributed by atoms with van der Waals surface area (Å²) in [4.78, 5) is 11.1. The minimum atomic E-state index is 0. The summed E-state index contributed by atoms with van der Waals surface area (Å²) in [5, 5.41) is 6.46. The molecule has 2 unspecified atom stereocenters. The molecule has 0 saturated carbocycles. The Morgan fingerprint density at radius 3 is 3.04 bits per heavy atom. The van der Waals surface area contributed by atoms with Crippen LogP contribution in [0.4, 0.5) is 0 Å². The van der Waals surface area contributed by atoms with Crippen molar-refractivity contribution >= 4 is 41.3 Å². The van der Waals surface area contributed by atoms with Crippen molar-refractivity contribution in [2.45, 2.75) is 32.4 Å². The summed E-state index contributed by atoms with van der Waals surface area (Å²) < 4.78 is 16.4. The van der Waals surface area contributed by atoms with E-state index in [1.54, 1.807) is 25.5 Å². The molecule has 27 heavy (non-hydrogen) atoms. The van der Waals surface area contributed by atoms with Gasteiger partial charge < -0.3 is 24.4 Å². The van der Waals surface area contributed by atoms with Gasteiger partial charge in [-0.2, -0.15) is 0 Å². The molecule has 2 heterocycles. The first-order valence-corrected chi connectivity index (χ1v) is 10.1. The fourth-order valence-electron chi connectivity index (χ4n) is 2.72. The Kier molecular flexibility index (Phi) is 12.4. The molecule has 1 aliphatic rings. The number of nitrogens with zero attached hydrogens (tertiary/aromatic N) is 3. The highest BCUT2D eigenvalue weighted by Crippen LogP contribution is 2.20. The zero-order valence-electron chi connectivity index (χ0n) is 16.8. The highest BCUT2D eigenvalue weighted by Gasteiger charge is 2.15. The molecule has 1 N–H and O–H groups in total. The van der Waals surface area contributed by atoms with E-state index in [2.05, 4.69) is 25.6 Å². The van der Waals surface area contributed by atoms with Crippen LogP contribution in [0.2, 0.25) is 0 Å². The fourth-order valence-corrected chi connectivity index (χ4v) is 3.57. The van der Waals surface area contributed by atoms with E-state index in [1.165, 1.54) is 0 Å². The quantitative estimate of drug-likeness (QED) is 0.225. The van der Waals surface area contributed by atoms with Crippen LogP contribution in [0.3, 0.4) is 0 Å². The van der Waals surface area contributed by atoms with Crippen molar-refractivity contribution in [3.63, 3.8) is 0 Å². The molecule has 0 aliphatic carbocycles. The second-order valence-corrected chi connectivity index (χ2v) is 7.43. The van der Waals surface area contributed by atoms with Crippen molar-refractivity contribution in [2.75, 3.05) is 54.2 Å². The van der Waals surface area contributed by atoms with Gasteiger partial charge >= 0.3 is 0 Å². The lowest BCUT2D eigenvalue weighted by atomic mass is 10.1. The van der Waals surface area contributed by atoms with E-state index in [9.17, 15) is 0 Å². The number of rotatable bonds is 10. The molecule has 2 rings (SSSR count). The van der Waals surface area contributed by atoms with Gasteiger partial charge in [-0.05, 0) is 19.8 Å². The zero-order chi connectivity index (χ0) is 18.8. The van der Waals surface area contributed by atoms with Gasteiger partial charge in [0, 0.05) is 52.3 Å². The largest absolute Gasteiger partial charge is 0.381 e. The van der Waals surface area contributed by atoms with Gasteiger partial charge in [0.25, 0.3) is 0 Å². The predicted octanol–water partition coefficient (Wildman–Crippen LogP) is 2.92. The molecule has 1 aromatic heterocycles. The van der Waals surface area contributed by atoms with Crippen LogP contribution >= 0.6 is 35.3 Å². The summed E-state index contributed by atoms with van der Waals surface area (Å²) >= 11 is 1.63. The molecule has 2 atom stereocenters. The van der Waals surface area contributed by atoms with Crippen molar-refractivity contribution in [2.24, 2.45) is 10.9 Å². The van der Waals surface area contributed by atoms with Crippen molar-refractivity contribution < 1.29 is 14.2 Å². The van der Waals surface area contributed by atoms with Gasteiger partial charge in [0.05, 0.1) is 25.5 Å². The molecule has 0 radical (unpaired) electrons. The van der Waals surface area contributed by atoms with Crippen LogP contribution in [0.15, 0.2) is 10.4 Å². The number of hydrogen-bond acceptors (Lipinski definition) is 6. The van der Waals surface area contributed by atoms with Gasteiger partial charge in [-0.1, -0.05) is 0 Å². The molecule has 1 aromatic rings. The maximum absolute atomic E-state index is 5.73. The normalized spacial score (nSPS) is 18.2. The lowest BCUT2D eigenvalue weighted by Crippen LogP contribution is -2.39. The molecule has 156 valence electrons. The predicted molar refractivity (Wildman–Crippen MR) is 120 cm³/mol. The highest BCUT2D eigenvalue weighted by molar-refractivity contribution is 14.0. The monoisotopic (exact) mass is 512 g/mol. The molecule has 1 aliphatic heterocycles. The second kappa shape index (κ2) is 13.6. The first-order valence-electron chi connectivity index (χ1n) is 9.18. The van der Waals surface area contributed by atoms with Crippen LogP contribution in [0.25, 0.3) is 0 Å². The van der Waals surface area contributed by atoms with Gasteiger partial charge in [0.2, 0.25) is 0 Å². The van der Waals surface area contributed by atoms with Crippen molar-refractivity contribution in [3.8, 4) is 0 Å². The topological polar surface area (TPSA) is 68.2 Å². The molecule has 9 heteroatoms. The number of methoxy groups -OCH3 is 1. The number of nitrogens with one attached hydrogen (secondary N) is 1. The molecule has 0 amide bonds. The molecule has 0 bridgehead atoms. The first-order chi connectivity index (χ1) is 12.6. The average molecular weight is 512 g/mol. The average Bonchev–Trinajstić information content (AvgIpc) is 3.32.